The first-order chi connectivity index (χ1) is 9.39. The summed E-state index contributed by atoms with van der Waals surface area (Å²) in [5.41, 5.74) is 0.779. The third-order valence-corrected chi connectivity index (χ3v) is 3.54. The molecule has 0 bridgehead atoms. The largest absolute Gasteiger partial charge is 0.497 e. The smallest absolute Gasteiger partial charge is 0.131 e. The maximum atomic E-state index is 14.0. The van der Waals surface area contributed by atoms with Crippen molar-refractivity contribution in [3.05, 3.63) is 29.6 Å². The number of hydrogen-bond donors (Lipinski definition) is 1. The lowest BCUT2D eigenvalue weighted by molar-refractivity contribution is 0.149. The zero-order valence-electron chi connectivity index (χ0n) is 13.1. The van der Waals surface area contributed by atoms with E-state index in [9.17, 15) is 4.39 Å². The minimum absolute atomic E-state index is 0.0391. The summed E-state index contributed by atoms with van der Waals surface area (Å²) in [6.07, 6.45) is 0.967. The van der Waals surface area contributed by atoms with Crippen molar-refractivity contribution in [2.75, 3.05) is 27.4 Å². The van der Waals surface area contributed by atoms with Gasteiger partial charge in [-0.25, -0.2) is 4.39 Å². The van der Waals surface area contributed by atoms with E-state index < -0.39 is 0 Å². The van der Waals surface area contributed by atoms with Gasteiger partial charge in [0.1, 0.15) is 11.6 Å². The Hall–Kier alpha value is -1.13. The third kappa shape index (κ3) is 5.10. The highest BCUT2D eigenvalue weighted by atomic mass is 19.1. The van der Waals surface area contributed by atoms with Gasteiger partial charge in [0.05, 0.1) is 7.11 Å². The predicted molar refractivity (Wildman–Crippen MR) is 79.6 cm³/mol. The SMILES string of the molecule is COCCC(C)(C)CNC(C)c1ccc(OC)cc1F. The van der Waals surface area contributed by atoms with E-state index in [-0.39, 0.29) is 17.3 Å². The summed E-state index contributed by atoms with van der Waals surface area (Å²) in [5, 5.41) is 3.39. The number of halogens is 1. The molecule has 0 radical (unpaired) electrons. The van der Waals surface area contributed by atoms with Crippen molar-refractivity contribution in [2.24, 2.45) is 5.41 Å². The van der Waals surface area contributed by atoms with E-state index in [0.29, 0.717) is 11.3 Å². The molecule has 1 atom stereocenters. The minimum atomic E-state index is -0.237. The molecular formula is C16H26FNO2. The summed E-state index contributed by atoms with van der Waals surface area (Å²) in [5.74, 6) is 0.304. The third-order valence-electron chi connectivity index (χ3n) is 3.54. The summed E-state index contributed by atoms with van der Waals surface area (Å²) >= 11 is 0. The number of hydrogen-bond acceptors (Lipinski definition) is 3. The summed E-state index contributed by atoms with van der Waals surface area (Å²) in [6.45, 7) is 7.87. The summed E-state index contributed by atoms with van der Waals surface area (Å²) in [4.78, 5) is 0. The van der Waals surface area contributed by atoms with E-state index in [1.807, 2.05) is 6.92 Å². The van der Waals surface area contributed by atoms with Crippen LogP contribution in [0, 0.1) is 11.2 Å². The van der Waals surface area contributed by atoms with Crippen molar-refractivity contribution in [3.8, 4) is 5.75 Å². The van der Waals surface area contributed by atoms with Gasteiger partial charge in [-0.3, -0.25) is 0 Å². The molecule has 0 amide bonds. The van der Waals surface area contributed by atoms with Crippen LogP contribution in [0.3, 0.4) is 0 Å². The lowest BCUT2D eigenvalue weighted by Crippen LogP contribution is -2.32. The highest BCUT2D eigenvalue weighted by Gasteiger charge is 2.19. The van der Waals surface area contributed by atoms with Gasteiger partial charge in [0, 0.05) is 37.9 Å². The van der Waals surface area contributed by atoms with Gasteiger partial charge >= 0.3 is 0 Å². The van der Waals surface area contributed by atoms with Gasteiger partial charge in [-0.05, 0) is 24.8 Å². The molecule has 1 N–H and O–H groups in total. The minimum Gasteiger partial charge on any atom is -0.497 e. The first-order valence-corrected chi connectivity index (χ1v) is 6.95. The molecule has 114 valence electrons. The Bertz CT molecular complexity index is 421. The lowest BCUT2D eigenvalue weighted by atomic mass is 9.89. The average Bonchev–Trinajstić information content (AvgIpc) is 2.42. The van der Waals surface area contributed by atoms with Crippen LogP contribution in [-0.4, -0.2) is 27.4 Å². The molecule has 0 aliphatic rings. The molecular weight excluding hydrogens is 257 g/mol. The van der Waals surface area contributed by atoms with E-state index in [0.717, 1.165) is 19.6 Å². The molecule has 0 saturated heterocycles. The molecule has 0 saturated carbocycles. The van der Waals surface area contributed by atoms with E-state index in [4.69, 9.17) is 9.47 Å². The van der Waals surface area contributed by atoms with Crippen LogP contribution in [0.5, 0.6) is 5.75 Å². The van der Waals surface area contributed by atoms with Gasteiger partial charge in [-0.1, -0.05) is 19.9 Å². The Morgan fingerprint density at radius 1 is 1.30 bits per heavy atom. The van der Waals surface area contributed by atoms with Crippen LogP contribution in [0.25, 0.3) is 0 Å². The Morgan fingerprint density at radius 3 is 2.55 bits per heavy atom. The number of ether oxygens (including phenoxy) is 2. The van der Waals surface area contributed by atoms with Crippen molar-refractivity contribution in [1.82, 2.24) is 5.32 Å². The van der Waals surface area contributed by atoms with Crippen LogP contribution in [0.2, 0.25) is 0 Å². The van der Waals surface area contributed by atoms with Crippen LogP contribution in [0.4, 0.5) is 4.39 Å². The summed E-state index contributed by atoms with van der Waals surface area (Å²) < 4.78 is 24.1. The highest BCUT2D eigenvalue weighted by Crippen LogP contribution is 2.24. The Labute approximate surface area is 121 Å². The quantitative estimate of drug-likeness (QED) is 0.791. The fourth-order valence-corrected chi connectivity index (χ4v) is 1.99. The molecule has 3 nitrogen and oxygen atoms in total. The van der Waals surface area contributed by atoms with Crippen molar-refractivity contribution in [2.45, 2.75) is 33.2 Å². The molecule has 1 rings (SSSR count). The highest BCUT2D eigenvalue weighted by molar-refractivity contribution is 5.30. The van der Waals surface area contributed by atoms with Gasteiger partial charge < -0.3 is 14.8 Å². The molecule has 1 unspecified atom stereocenters. The van der Waals surface area contributed by atoms with Crippen molar-refractivity contribution >= 4 is 0 Å². The van der Waals surface area contributed by atoms with Gasteiger partial charge in [-0.2, -0.15) is 0 Å². The van der Waals surface area contributed by atoms with Gasteiger partial charge in [0.15, 0.2) is 0 Å². The zero-order chi connectivity index (χ0) is 15.2. The predicted octanol–water partition coefficient (Wildman–Crippen LogP) is 3.55. The van der Waals surface area contributed by atoms with Gasteiger partial charge in [-0.15, -0.1) is 0 Å². The maximum Gasteiger partial charge on any atom is 0.131 e. The molecule has 1 aromatic carbocycles. The zero-order valence-corrected chi connectivity index (χ0v) is 13.1. The standard InChI is InChI=1S/C16H26FNO2/c1-12(18-11-16(2,3)8-9-19-4)14-7-6-13(20-5)10-15(14)17/h6-7,10,12,18H,8-9,11H2,1-5H3. The maximum absolute atomic E-state index is 14.0. The molecule has 4 heteroatoms. The molecule has 1 aromatic rings. The molecule has 0 aliphatic carbocycles. The second-order valence-corrected chi connectivity index (χ2v) is 5.90. The first-order valence-electron chi connectivity index (χ1n) is 6.95. The second-order valence-electron chi connectivity index (χ2n) is 5.90. The van der Waals surface area contributed by atoms with E-state index in [2.05, 4.69) is 19.2 Å². The van der Waals surface area contributed by atoms with Gasteiger partial charge in [0.2, 0.25) is 0 Å². The van der Waals surface area contributed by atoms with Gasteiger partial charge in [0.25, 0.3) is 0 Å². The van der Waals surface area contributed by atoms with Crippen LogP contribution in [0.1, 0.15) is 38.8 Å². The van der Waals surface area contributed by atoms with Crippen molar-refractivity contribution in [1.29, 1.82) is 0 Å². The molecule has 0 heterocycles. The van der Waals surface area contributed by atoms with E-state index in [1.54, 1.807) is 19.2 Å². The molecule has 0 fully saturated rings. The fraction of sp³-hybridized carbons (Fsp3) is 0.625. The van der Waals surface area contributed by atoms with Crippen molar-refractivity contribution in [3.63, 3.8) is 0 Å². The van der Waals surface area contributed by atoms with Crippen LogP contribution in [-0.2, 0) is 4.74 Å². The Kier molecular flexibility index (Phi) is 6.43. The second kappa shape index (κ2) is 7.60. The first kappa shape index (κ1) is 16.9. The number of benzene rings is 1. The summed E-state index contributed by atoms with van der Waals surface area (Å²) in [7, 11) is 3.24. The topological polar surface area (TPSA) is 30.5 Å². The normalized spacial score (nSPS) is 13.3. The summed E-state index contributed by atoms with van der Waals surface area (Å²) in [6, 6.07) is 4.94. The molecule has 0 aliphatic heterocycles. The number of methoxy groups -OCH3 is 2. The Balaban J connectivity index is 2.60. The fourth-order valence-electron chi connectivity index (χ4n) is 1.99. The van der Waals surface area contributed by atoms with Crippen LogP contribution >= 0.6 is 0 Å². The molecule has 20 heavy (non-hydrogen) atoms. The van der Waals surface area contributed by atoms with E-state index >= 15 is 0 Å². The monoisotopic (exact) mass is 283 g/mol. The van der Waals surface area contributed by atoms with Crippen LogP contribution < -0.4 is 10.1 Å². The molecule has 0 aromatic heterocycles. The number of rotatable bonds is 8. The number of nitrogens with one attached hydrogen (secondary N) is 1. The van der Waals surface area contributed by atoms with E-state index in [1.165, 1.54) is 13.2 Å². The molecule has 0 spiro atoms. The van der Waals surface area contributed by atoms with Crippen molar-refractivity contribution < 1.29 is 13.9 Å². The lowest BCUT2D eigenvalue weighted by Gasteiger charge is -2.27. The Morgan fingerprint density at radius 2 is 2.00 bits per heavy atom. The average molecular weight is 283 g/mol. The van der Waals surface area contributed by atoms with Crippen LogP contribution in [0.15, 0.2) is 18.2 Å².